The zero-order valence-corrected chi connectivity index (χ0v) is 22.2. The van der Waals surface area contributed by atoms with Gasteiger partial charge >= 0.3 is 5.97 Å². The number of nitrogens with one attached hydrogen (secondary N) is 1. The van der Waals surface area contributed by atoms with Gasteiger partial charge < -0.3 is 15.0 Å². The molecule has 4 rings (SSSR count). The highest BCUT2D eigenvalue weighted by Crippen LogP contribution is 2.37. The van der Waals surface area contributed by atoms with Crippen molar-refractivity contribution in [2.45, 2.75) is 25.9 Å². The molecule has 0 saturated heterocycles. The smallest absolute Gasteiger partial charge is 0.320 e. The maximum atomic E-state index is 14.3. The average Bonchev–Trinajstić information content (AvgIpc) is 3.02. The molecule has 0 saturated carbocycles. The first-order valence-electron chi connectivity index (χ1n) is 12.3. The normalized spacial score (nSPS) is 15.0. The van der Waals surface area contributed by atoms with Crippen molar-refractivity contribution >= 4 is 40.8 Å². The molecule has 1 heterocycles. The van der Waals surface area contributed by atoms with Crippen LogP contribution in [0.25, 0.3) is 0 Å². The summed E-state index contributed by atoms with van der Waals surface area (Å²) in [4.78, 5) is 41.9. The number of benzene rings is 3. The lowest BCUT2D eigenvalue weighted by Crippen LogP contribution is -2.32. The fourth-order valence-electron chi connectivity index (χ4n) is 4.47. The number of fused-ring (bicyclic) bond motifs is 1. The summed E-state index contributed by atoms with van der Waals surface area (Å²) in [5.74, 6) is -1.57. The monoisotopic (exact) mass is 537 g/mol. The zero-order valence-electron chi connectivity index (χ0n) is 21.5. The van der Waals surface area contributed by atoms with Crippen LogP contribution in [0.3, 0.4) is 0 Å². The molecule has 1 aliphatic rings. The van der Waals surface area contributed by atoms with E-state index < -0.39 is 17.9 Å². The molecule has 0 bridgehead atoms. The molecule has 0 spiro atoms. The molecule has 1 aliphatic heterocycles. The Labute approximate surface area is 226 Å². The molecule has 2 amide bonds. The van der Waals surface area contributed by atoms with Gasteiger partial charge in [-0.2, -0.15) is 0 Å². The number of carbonyl (C=O) groups is 3. The van der Waals surface area contributed by atoms with E-state index in [2.05, 4.69) is 5.32 Å². The molecule has 0 aliphatic carbocycles. The summed E-state index contributed by atoms with van der Waals surface area (Å²) in [5, 5.41) is 2.98. The third-order valence-corrected chi connectivity index (χ3v) is 6.60. The summed E-state index contributed by atoms with van der Waals surface area (Å²) in [7, 11) is 3.51. The minimum atomic E-state index is -0.680. The number of aryl methyl sites for hydroxylation is 1. The minimum Gasteiger partial charge on any atom is -0.456 e. The van der Waals surface area contributed by atoms with Crippen LogP contribution in [-0.4, -0.2) is 49.9 Å². The minimum absolute atomic E-state index is 0.0894. The van der Waals surface area contributed by atoms with Gasteiger partial charge in [0.25, 0.3) is 11.8 Å². The van der Waals surface area contributed by atoms with Gasteiger partial charge in [-0.1, -0.05) is 29.8 Å². The van der Waals surface area contributed by atoms with Gasteiger partial charge in [-0.3, -0.25) is 19.3 Å². The first-order chi connectivity index (χ1) is 18.1. The van der Waals surface area contributed by atoms with E-state index in [1.54, 1.807) is 43.3 Å². The second-order valence-corrected chi connectivity index (χ2v) is 9.89. The second-order valence-electron chi connectivity index (χ2n) is 9.48. The number of rotatable bonds is 6. The van der Waals surface area contributed by atoms with E-state index in [4.69, 9.17) is 16.3 Å². The van der Waals surface area contributed by atoms with Crippen LogP contribution < -0.4 is 10.2 Å². The Bertz CT molecular complexity index is 1380. The van der Waals surface area contributed by atoms with Crippen LogP contribution >= 0.6 is 11.6 Å². The van der Waals surface area contributed by atoms with Gasteiger partial charge in [0.2, 0.25) is 0 Å². The molecule has 9 heteroatoms. The molecule has 198 valence electrons. The fourth-order valence-corrected chi connectivity index (χ4v) is 4.73. The van der Waals surface area contributed by atoms with E-state index in [0.29, 0.717) is 41.9 Å². The molecule has 3 aromatic rings. The van der Waals surface area contributed by atoms with E-state index in [-0.39, 0.29) is 28.9 Å². The molecule has 38 heavy (non-hydrogen) atoms. The van der Waals surface area contributed by atoms with Crippen molar-refractivity contribution in [1.29, 1.82) is 0 Å². The first-order valence-corrected chi connectivity index (χ1v) is 12.6. The lowest BCUT2D eigenvalue weighted by atomic mass is 10.0. The highest BCUT2D eigenvalue weighted by molar-refractivity contribution is 6.35. The lowest BCUT2D eigenvalue weighted by molar-refractivity contribution is -0.150. The van der Waals surface area contributed by atoms with E-state index in [1.807, 2.05) is 19.1 Å². The van der Waals surface area contributed by atoms with Gasteiger partial charge in [0.15, 0.2) is 0 Å². The summed E-state index contributed by atoms with van der Waals surface area (Å²) < 4.78 is 19.9. The first kappa shape index (κ1) is 27.3. The van der Waals surface area contributed by atoms with Crippen molar-refractivity contribution in [2.75, 3.05) is 37.4 Å². The fraction of sp³-hybridized carbons (Fsp3) is 0.276. The van der Waals surface area contributed by atoms with Crippen LogP contribution in [0.5, 0.6) is 0 Å². The van der Waals surface area contributed by atoms with E-state index in [0.717, 1.165) is 5.56 Å². The van der Waals surface area contributed by atoms with Crippen molar-refractivity contribution in [1.82, 2.24) is 4.90 Å². The third-order valence-electron chi connectivity index (χ3n) is 6.29. The van der Waals surface area contributed by atoms with Crippen LogP contribution in [0, 0.1) is 12.7 Å². The van der Waals surface area contributed by atoms with Gasteiger partial charge in [0, 0.05) is 23.4 Å². The third kappa shape index (κ3) is 6.20. The van der Waals surface area contributed by atoms with Gasteiger partial charge in [0.1, 0.15) is 11.9 Å². The number of hydrogen-bond donors (Lipinski definition) is 1. The Morgan fingerprint density at radius 2 is 1.84 bits per heavy atom. The van der Waals surface area contributed by atoms with Crippen molar-refractivity contribution in [3.05, 3.63) is 93.8 Å². The number of carbonyl (C=O) groups excluding carboxylic acids is 3. The van der Waals surface area contributed by atoms with Gasteiger partial charge in [-0.15, -0.1) is 0 Å². The Kier molecular flexibility index (Phi) is 8.44. The van der Waals surface area contributed by atoms with Crippen LogP contribution in [0.2, 0.25) is 5.02 Å². The molecule has 0 aromatic heterocycles. The van der Waals surface area contributed by atoms with Crippen LogP contribution in [-0.2, 0) is 9.53 Å². The Morgan fingerprint density at radius 1 is 1.08 bits per heavy atom. The summed E-state index contributed by atoms with van der Waals surface area (Å²) in [6.07, 6.45) is 0.293. The number of likely N-dealkylation sites (N-methyl/N-ethyl adjacent to an activating group) is 1. The molecule has 3 aromatic carbocycles. The van der Waals surface area contributed by atoms with Gasteiger partial charge in [-0.25, -0.2) is 4.39 Å². The number of nitrogens with zero attached hydrogens (tertiary/aromatic N) is 2. The average molecular weight is 538 g/mol. The molecule has 1 atom stereocenters. The number of hydrogen-bond acceptors (Lipinski definition) is 5. The predicted molar refractivity (Wildman–Crippen MR) is 145 cm³/mol. The molecule has 1 N–H and O–H groups in total. The molecular formula is C29H29ClFN3O4. The summed E-state index contributed by atoms with van der Waals surface area (Å²) >= 11 is 6.51. The summed E-state index contributed by atoms with van der Waals surface area (Å²) in [6.45, 7) is 2.27. The number of anilines is 2. The highest BCUT2D eigenvalue weighted by atomic mass is 35.5. The summed E-state index contributed by atoms with van der Waals surface area (Å²) in [6, 6.07) is 16.0. The number of esters is 1. The van der Waals surface area contributed by atoms with Crippen molar-refractivity contribution in [3.8, 4) is 0 Å². The Morgan fingerprint density at radius 3 is 2.55 bits per heavy atom. The van der Waals surface area contributed by atoms with Gasteiger partial charge in [0.05, 0.1) is 22.8 Å². The standard InChI is InChI=1S/C29H29ClFN3O4/c1-18-7-4-5-8-21(18)28(36)32-20-11-12-22(24(30)16-20)29(37)34-14-6-9-26(38-27(35)17-33(2)3)23-15-19(31)10-13-25(23)34/h4-5,7-8,10-13,15-16,26H,6,9,14,17H2,1-3H3,(H,32,36). The van der Waals surface area contributed by atoms with Crippen molar-refractivity contribution in [2.24, 2.45) is 0 Å². The number of halogens is 2. The Hall–Kier alpha value is -3.75. The van der Waals surface area contributed by atoms with Crippen LogP contribution in [0.1, 0.15) is 50.8 Å². The number of ether oxygens (including phenoxy) is 1. The maximum Gasteiger partial charge on any atom is 0.320 e. The van der Waals surface area contributed by atoms with Gasteiger partial charge in [-0.05, 0) is 81.9 Å². The molecule has 1 unspecified atom stereocenters. The number of amides is 2. The van der Waals surface area contributed by atoms with Crippen molar-refractivity contribution < 1.29 is 23.5 Å². The van der Waals surface area contributed by atoms with E-state index in [1.165, 1.54) is 29.2 Å². The largest absolute Gasteiger partial charge is 0.456 e. The highest BCUT2D eigenvalue weighted by Gasteiger charge is 2.30. The maximum absolute atomic E-state index is 14.3. The van der Waals surface area contributed by atoms with E-state index >= 15 is 0 Å². The second kappa shape index (κ2) is 11.8. The molecule has 7 nitrogen and oxygen atoms in total. The van der Waals surface area contributed by atoms with Crippen LogP contribution in [0.4, 0.5) is 15.8 Å². The quantitative estimate of drug-likeness (QED) is 0.412. The topological polar surface area (TPSA) is 79.0 Å². The molecule has 0 fully saturated rings. The molecule has 0 radical (unpaired) electrons. The molecular weight excluding hydrogens is 509 g/mol. The van der Waals surface area contributed by atoms with Crippen molar-refractivity contribution in [3.63, 3.8) is 0 Å². The predicted octanol–water partition coefficient (Wildman–Crippen LogP) is 5.63. The summed E-state index contributed by atoms with van der Waals surface area (Å²) in [5.41, 5.74) is 2.96. The Balaban J connectivity index is 1.58. The van der Waals surface area contributed by atoms with Crippen LogP contribution in [0.15, 0.2) is 60.7 Å². The SMILES string of the molecule is Cc1ccccc1C(=O)Nc1ccc(C(=O)N2CCCC(OC(=O)CN(C)C)c3cc(F)ccc32)c(Cl)c1. The zero-order chi connectivity index (χ0) is 27.4. The lowest BCUT2D eigenvalue weighted by Gasteiger charge is -2.25. The van der Waals surface area contributed by atoms with E-state index in [9.17, 15) is 18.8 Å².